The Morgan fingerprint density at radius 2 is 0.917 bits per heavy atom. The van der Waals surface area contributed by atoms with Crippen molar-refractivity contribution in [2.45, 2.75) is 86.1 Å². The molecule has 4 bridgehead atoms. The number of benzene rings is 4. The van der Waals surface area contributed by atoms with E-state index in [1.165, 1.54) is 0 Å². The lowest BCUT2D eigenvalue weighted by molar-refractivity contribution is -0.329. The van der Waals surface area contributed by atoms with Gasteiger partial charge in [0, 0.05) is 21.2 Å². The summed E-state index contributed by atoms with van der Waals surface area (Å²) in [6.07, 6.45) is -8.11. The first kappa shape index (κ1) is 44.6. The molecule has 0 saturated carbocycles. The summed E-state index contributed by atoms with van der Waals surface area (Å²) in [5, 5.41) is 83.3. The van der Waals surface area contributed by atoms with E-state index < -0.39 is 72.6 Å². The number of hydrogen-bond donors (Lipinski definition) is 8. The fourth-order valence-corrected chi connectivity index (χ4v) is 8.55. The first-order valence-electron chi connectivity index (χ1n) is 19.7. The fourth-order valence-electron chi connectivity index (χ4n) is 8.18. The zero-order valence-corrected chi connectivity index (χ0v) is 34.5. The van der Waals surface area contributed by atoms with E-state index in [1.807, 2.05) is 62.4 Å². The lowest BCUT2D eigenvalue weighted by Crippen LogP contribution is -2.65. The van der Waals surface area contributed by atoms with Crippen LogP contribution < -0.4 is 9.47 Å². The molecule has 324 valence electrons. The summed E-state index contributed by atoms with van der Waals surface area (Å²) in [5.74, 6) is -1.85. The van der Waals surface area contributed by atoms with Crippen LogP contribution in [0.4, 0.5) is 0 Å². The van der Waals surface area contributed by atoms with Crippen molar-refractivity contribution in [3.8, 4) is 11.5 Å². The van der Waals surface area contributed by atoms with E-state index in [9.17, 15) is 40.9 Å². The third kappa shape index (κ3) is 7.93. The molecule has 0 aliphatic carbocycles. The molecule has 14 nitrogen and oxygen atoms in total. The normalized spacial score (nSPS) is 32.9. The van der Waals surface area contributed by atoms with E-state index in [1.54, 1.807) is 36.4 Å². The summed E-state index contributed by atoms with van der Waals surface area (Å²) < 4.78 is 34.3. The molecule has 60 heavy (non-hydrogen) atoms. The first-order chi connectivity index (χ1) is 28.7. The second-order valence-electron chi connectivity index (χ2n) is 15.4. The molecule has 4 fully saturated rings. The van der Waals surface area contributed by atoms with E-state index >= 15 is 0 Å². The van der Waals surface area contributed by atoms with Crippen molar-refractivity contribution >= 4 is 23.2 Å². The number of aliphatic hydroxyl groups excluding tert-OH is 8. The van der Waals surface area contributed by atoms with E-state index in [0.717, 1.165) is 33.8 Å². The maximum absolute atomic E-state index is 10.7. The van der Waals surface area contributed by atoms with Crippen molar-refractivity contribution in [1.29, 1.82) is 0 Å². The molecular weight excluding hydrogens is 823 g/mol. The van der Waals surface area contributed by atoms with Gasteiger partial charge in [-0.05, 0) is 97.5 Å². The molecule has 0 unspecified atom stereocenters. The zero-order valence-electron chi connectivity index (χ0n) is 33.0. The summed E-state index contributed by atoms with van der Waals surface area (Å²) >= 11 is 12.8. The number of halogens is 2. The van der Waals surface area contributed by atoms with Crippen molar-refractivity contribution in [3.05, 3.63) is 128 Å². The van der Waals surface area contributed by atoms with Crippen molar-refractivity contribution in [2.24, 2.45) is 0 Å². The van der Waals surface area contributed by atoms with Crippen LogP contribution in [0.15, 0.2) is 84.9 Å². The summed E-state index contributed by atoms with van der Waals surface area (Å²) in [6.45, 7) is 3.56. The van der Waals surface area contributed by atoms with Crippen molar-refractivity contribution in [2.75, 3.05) is 39.6 Å². The van der Waals surface area contributed by atoms with E-state index in [0.29, 0.717) is 47.2 Å². The first-order valence-corrected chi connectivity index (χ1v) is 20.5. The SMILES string of the molecule is CCOc1ccc(Cc2cc([C@]34OC[C@](CO)(O3)[C@@H](O)[C@H](O)[C@@H]4O)ccc2Cl)cc1.CCOc1ccc(Cc2cc([C@]34OC[C@](CO)(O3)[C@@H](O)[C@H](O)[C@H]4O)ccc2Cl)cc1. The Kier molecular flexibility index (Phi) is 13.2. The van der Waals surface area contributed by atoms with E-state index in [4.69, 9.17) is 51.6 Å². The minimum Gasteiger partial charge on any atom is -0.494 e. The van der Waals surface area contributed by atoms with Crippen LogP contribution in [0.2, 0.25) is 10.0 Å². The Balaban J connectivity index is 0.000000181. The van der Waals surface area contributed by atoms with Crippen LogP contribution in [0, 0.1) is 0 Å². The van der Waals surface area contributed by atoms with Gasteiger partial charge < -0.3 is 69.3 Å². The predicted octanol–water partition coefficient (Wildman–Crippen LogP) is 2.71. The van der Waals surface area contributed by atoms with Crippen LogP contribution in [-0.4, -0.2) is 128 Å². The molecule has 4 aromatic carbocycles. The standard InChI is InChI=1S/2C22H25ClO7/c2*1-2-28-16-6-3-13(4-7-16)9-14-10-15(5-8-17(14)23)22-20(27)18(25)19(26)21(11-24,30-22)12-29-22/h2*3-8,10,18-20,24-27H,2,9,11-12H2,1H3/t18-,19-,20+,21-,22-;18-,19-,20-,21-,22-/m00/s1. The smallest absolute Gasteiger partial charge is 0.225 e. The van der Waals surface area contributed by atoms with E-state index in [-0.39, 0.29) is 13.2 Å². The molecule has 4 aliphatic heterocycles. The zero-order chi connectivity index (χ0) is 43.0. The Labute approximate surface area is 357 Å². The Bertz CT molecular complexity index is 1960. The summed E-state index contributed by atoms with van der Waals surface area (Å²) in [6, 6.07) is 25.5. The van der Waals surface area contributed by atoms with Gasteiger partial charge in [0.05, 0.1) is 39.6 Å². The molecule has 4 aromatic rings. The topological polar surface area (TPSA) is 217 Å². The third-order valence-corrected chi connectivity index (χ3v) is 12.3. The molecule has 8 N–H and O–H groups in total. The van der Waals surface area contributed by atoms with Crippen LogP contribution in [0.25, 0.3) is 0 Å². The molecule has 0 radical (unpaired) electrons. The average Bonchev–Trinajstić information content (AvgIpc) is 3.84. The van der Waals surface area contributed by atoms with Crippen LogP contribution in [0.3, 0.4) is 0 Å². The molecular formula is C44H50Cl2O14. The molecule has 4 saturated heterocycles. The second kappa shape index (κ2) is 17.8. The number of ether oxygens (including phenoxy) is 6. The number of hydrogen-bond acceptors (Lipinski definition) is 14. The Hall–Kier alpha value is -3.42. The lowest BCUT2D eigenvalue weighted by atomic mass is 9.83. The molecule has 0 amide bonds. The van der Waals surface area contributed by atoms with Gasteiger partial charge in [0.2, 0.25) is 11.6 Å². The summed E-state index contributed by atoms with van der Waals surface area (Å²) in [4.78, 5) is 0. The molecule has 16 heteroatoms. The highest BCUT2D eigenvalue weighted by molar-refractivity contribution is 6.31. The molecule has 0 aromatic heterocycles. The highest BCUT2D eigenvalue weighted by Crippen LogP contribution is 2.51. The maximum Gasteiger partial charge on any atom is 0.225 e. The van der Waals surface area contributed by atoms with Gasteiger partial charge in [-0.2, -0.15) is 0 Å². The minimum atomic E-state index is -1.71. The number of fused-ring (bicyclic) bond motifs is 4. The molecule has 4 aliphatic rings. The molecule has 0 spiro atoms. The van der Waals surface area contributed by atoms with Crippen molar-refractivity contribution in [3.63, 3.8) is 0 Å². The van der Waals surface area contributed by atoms with Gasteiger partial charge in [-0.25, -0.2) is 0 Å². The highest BCUT2D eigenvalue weighted by atomic mass is 35.5. The second-order valence-corrected chi connectivity index (χ2v) is 16.3. The average molecular weight is 874 g/mol. The summed E-state index contributed by atoms with van der Waals surface area (Å²) in [5.41, 5.74) is 1.44. The van der Waals surface area contributed by atoms with Gasteiger partial charge in [0.1, 0.15) is 59.3 Å². The number of rotatable bonds is 12. The number of aliphatic hydroxyl groups is 8. The Morgan fingerprint density at radius 3 is 1.25 bits per heavy atom. The molecule has 8 rings (SSSR count). The van der Waals surface area contributed by atoms with Crippen molar-refractivity contribution < 1.29 is 69.3 Å². The minimum absolute atomic E-state index is 0.171. The van der Waals surface area contributed by atoms with Gasteiger partial charge in [0.25, 0.3) is 0 Å². The van der Waals surface area contributed by atoms with Crippen LogP contribution >= 0.6 is 23.2 Å². The van der Waals surface area contributed by atoms with Crippen LogP contribution in [-0.2, 0) is 43.4 Å². The van der Waals surface area contributed by atoms with Gasteiger partial charge >= 0.3 is 0 Å². The monoisotopic (exact) mass is 872 g/mol. The van der Waals surface area contributed by atoms with Gasteiger partial charge in [-0.1, -0.05) is 59.6 Å². The van der Waals surface area contributed by atoms with Gasteiger partial charge in [-0.3, -0.25) is 0 Å². The highest BCUT2D eigenvalue weighted by Gasteiger charge is 2.68. The predicted molar refractivity (Wildman–Crippen MR) is 217 cm³/mol. The lowest BCUT2D eigenvalue weighted by Gasteiger charge is -2.46. The van der Waals surface area contributed by atoms with Gasteiger partial charge in [0.15, 0.2) is 0 Å². The van der Waals surface area contributed by atoms with Crippen LogP contribution in [0.1, 0.15) is 47.2 Å². The largest absolute Gasteiger partial charge is 0.494 e. The van der Waals surface area contributed by atoms with Crippen LogP contribution in [0.5, 0.6) is 11.5 Å². The van der Waals surface area contributed by atoms with Gasteiger partial charge in [-0.15, -0.1) is 0 Å². The summed E-state index contributed by atoms with van der Waals surface area (Å²) in [7, 11) is 0. The third-order valence-electron chi connectivity index (χ3n) is 11.6. The maximum atomic E-state index is 10.7. The molecule has 4 heterocycles. The van der Waals surface area contributed by atoms with E-state index in [2.05, 4.69) is 0 Å². The van der Waals surface area contributed by atoms with Crippen molar-refractivity contribution in [1.82, 2.24) is 0 Å². The fraction of sp³-hybridized carbons (Fsp3) is 0.455. The molecule has 10 atom stereocenters. The Morgan fingerprint density at radius 1 is 0.550 bits per heavy atom. The quantitative estimate of drug-likeness (QED) is 0.103.